The third-order valence-corrected chi connectivity index (χ3v) is 4.24. The number of aliphatic hydroxyl groups is 1. The van der Waals surface area contributed by atoms with E-state index < -0.39 is 27.0 Å². The summed E-state index contributed by atoms with van der Waals surface area (Å²) in [6, 6.07) is 2.37. The summed E-state index contributed by atoms with van der Waals surface area (Å²) >= 11 is 0. The Morgan fingerprint density at radius 3 is 2.88 bits per heavy atom. The summed E-state index contributed by atoms with van der Waals surface area (Å²) in [6.45, 7) is 0.192. The van der Waals surface area contributed by atoms with Crippen molar-refractivity contribution in [1.29, 1.82) is 0 Å². The van der Waals surface area contributed by atoms with Gasteiger partial charge in [-0.15, -0.1) is 0 Å². The molecule has 0 bridgehead atoms. The van der Waals surface area contributed by atoms with Crippen molar-refractivity contribution >= 4 is 10.0 Å². The molecule has 0 spiro atoms. The fourth-order valence-electron chi connectivity index (χ4n) is 1.61. The van der Waals surface area contributed by atoms with Crippen molar-refractivity contribution in [2.45, 2.75) is 17.6 Å². The highest BCUT2D eigenvalue weighted by Crippen LogP contribution is 2.21. The van der Waals surface area contributed by atoms with Crippen LogP contribution in [0.2, 0.25) is 0 Å². The maximum absolute atomic E-state index is 13.3. The van der Waals surface area contributed by atoms with Gasteiger partial charge in [-0.05, 0) is 18.6 Å². The summed E-state index contributed by atoms with van der Waals surface area (Å²) in [5.74, 6) is -0.871. The van der Waals surface area contributed by atoms with E-state index in [1.807, 2.05) is 0 Å². The number of aromatic nitrogens is 1. The van der Waals surface area contributed by atoms with Gasteiger partial charge >= 0.3 is 0 Å². The molecule has 1 aromatic rings. The molecule has 88 valence electrons. The van der Waals surface area contributed by atoms with Crippen LogP contribution in [0.4, 0.5) is 4.39 Å². The van der Waals surface area contributed by atoms with Gasteiger partial charge in [0.1, 0.15) is 0 Å². The van der Waals surface area contributed by atoms with E-state index in [1.54, 1.807) is 0 Å². The molecular formula is C9H11FN2O3S. The smallest absolute Gasteiger partial charge is 0.263 e. The Labute approximate surface area is 92.6 Å². The van der Waals surface area contributed by atoms with Gasteiger partial charge < -0.3 is 5.11 Å². The number of sulfonamides is 1. The summed E-state index contributed by atoms with van der Waals surface area (Å²) < 4.78 is 38.2. The van der Waals surface area contributed by atoms with Crippen LogP contribution in [0.1, 0.15) is 6.42 Å². The molecule has 1 aliphatic heterocycles. The topological polar surface area (TPSA) is 70.5 Å². The molecule has 0 aliphatic carbocycles. The minimum absolute atomic E-state index is 0.00164. The number of pyridine rings is 1. The summed E-state index contributed by atoms with van der Waals surface area (Å²) in [5, 5.41) is 8.68. The minimum Gasteiger partial charge on any atom is -0.392 e. The van der Waals surface area contributed by atoms with Gasteiger partial charge in [-0.25, -0.2) is 17.8 Å². The van der Waals surface area contributed by atoms with Crippen molar-refractivity contribution in [1.82, 2.24) is 9.29 Å². The lowest BCUT2D eigenvalue weighted by Crippen LogP contribution is -2.31. The van der Waals surface area contributed by atoms with Crippen molar-refractivity contribution in [3.63, 3.8) is 0 Å². The van der Waals surface area contributed by atoms with Gasteiger partial charge in [0.25, 0.3) is 10.0 Å². The molecule has 0 aromatic carbocycles. The molecule has 1 N–H and O–H groups in total. The standard InChI is InChI=1S/C9H11FN2O3S/c10-8-2-1-4-11-9(8)16(14,15)12-5-3-7(13)6-12/h1-2,4,7,13H,3,5-6H2/t7-/m1/s1. The number of hydrogen-bond acceptors (Lipinski definition) is 4. The first kappa shape index (κ1) is 11.4. The van der Waals surface area contributed by atoms with Gasteiger partial charge in [-0.2, -0.15) is 4.31 Å². The predicted octanol–water partition coefficient (Wildman–Crippen LogP) is -0.0240. The number of rotatable bonds is 2. The van der Waals surface area contributed by atoms with Gasteiger partial charge in [-0.3, -0.25) is 0 Å². The maximum Gasteiger partial charge on any atom is 0.263 e. The van der Waals surface area contributed by atoms with E-state index in [0.717, 1.165) is 10.4 Å². The lowest BCUT2D eigenvalue weighted by atomic mass is 10.3. The van der Waals surface area contributed by atoms with Gasteiger partial charge in [-0.1, -0.05) is 0 Å². The average Bonchev–Trinajstić information content (AvgIpc) is 2.66. The number of halogens is 1. The van der Waals surface area contributed by atoms with Crippen molar-refractivity contribution in [2.75, 3.05) is 13.1 Å². The Kier molecular flexibility index (Phi) is 2.92. The van der Waals surface area contributed by atoms with E-state index in [1.165, 1.54) is 12.3 Å². The molecule has 2 rings (SSSR count). The summed E-state index contributed by atoms with van der Waals surface area (Å²) in [5.41, 5.74) is 0. The average molecular weight is 246 g/mol. The molecular weight excluding hydrogens is 235 g/mol. The Morgan fingerprint density at radius 2 is 2.31 bits per heavy atom. The van der Waals surface area contributed by atoms with Crippen LogP contribution in [0.15, 0.2) is 23.4 Å². The van der Waals surface area contributed by atoms with Crippen LogP contribution in [0.25, 0.3) is 0 Å². The molecule has 1 atom stereocenters. The van der Waals surface area contributed by atoms with Gasteiger partial charge in [0.2, 0.25) is 5.03 Å². The van der Waals surface area contributed by atoms with Crippen molar-refractivity contribution < 1.29 is 17.9 Å². The monoisotopic (exact) mass is 246 g/mol. The highest BCUT2D eigenvalue weighted by molar-refractivity contribution is 7.89. The quantitative estimate of drug-likeness (QED) is 0.796. The van der Waals surface area contributed by atoms with Gasteiger partial charge in [0.05, 0.1) is 6.10 Å². The number of nitrogens with zero attached hydrogens (tertiary/aromatic N) is 2. The second-order valence-corrected chi connectivity index (χ2v) is 5.45. The Bertz CT molecular complexity index is 491. The summed E-state index contributed by atoms with van der Waals surface area (Å²) in [7, 11) is -3.92. The van der Waals surface area contributed by atoms with Crippen LogP contribution in [-0.2, 0) is 10.0 Å². The van der Waals surface area contributed by atoms with Gasteiger partial charge in [0.15, 0.2) is 5.82 Å². The molecule has 1 saturated heterocycles. The number of aliphatic hydroxyl groups excluding tert-OH is 1. The fraction of sp³-hybridized carbons (Fsp3) is 0.444. The molecule has 0 radical (unpaired) electrons. The number of β-amino-alcohol motifs (C(OH)–C–C–N with tert-alkyl or cyclic N) is 1. The highest BCUT2D eigenvalue weighted by atomic mass is 32.2. The zero-order valence-corrected chi connectivity index (χ0v) is 9.19. The second-order valence-electron chi connectivity index (χ2n) is 3.60. The van der Waals surface area contributed by atoms with Crippen LogP contribution in [-0.4, -0.2) is 42.0 Å². The normalized spacial score (nSPS) is 22.5. The zero-order valence-electron chi connectivity index (χ0n) is 8.38. The third-order valence-electron chi connectivity index (χ3n) is 2.44. The summed E-state index contributed by atoms with van der Waals surface area (Å²) in [4.78, 5) is 3.53. The van der Waals surface area contributed by atoms with Crippen LogP contribution in [0, 0.1) is 5.82 Å². The fourth-order valence-corrected chi connectivity index (χ4v) is 3.08. The highest BCUT2D eigenvalue weighted by Gasteiger charge is 2.34. The first-order valence-electron chi connectivity index (χ1n) is 4.80. The van der Waals surface area contributed by atoms with Gasteiger partial charge in [0, 0.05) is 19.3 Å². The molecule has 7 heteroatoms. The van der Waals surface area contributed by atoms with E-state index in [9.17, 15) is 17.9 Å². The van der Waals surface area contributed by atoms with E-state index in [4.69, 9.17) is 0 Å². The molecule has 0 amide bonds. The van der Waals surface area contributed by atoms with E-state index in [-0.39, 0.29) is 13.1 Å². The van der Waals surface area contributed by atoms with Crippen LogP contribution < -0.4 is 0 Å². The van der Waals surface area contributed by atoms with E-state index in [0.29, 0.717) is 6.42 Å². The van der Waals surface area contributed by atoms with Crippen LogP contribution >= 0.6 is 0 Å². The Balaban J connectivity index is 2.36. The molecule has 0 unspecified atom stereocenters. The van der Waals surface area contributed by atoms with Crippen LogP contribution in [0.5, 0.6) is 0 Å². The van der Waals surface area contributed by atoms with E-state index in [2.05, 4.69) is 4.98 Å². The lowest BCUT2D eigenvalue weighted by Gasteiger charge is -2.14. The SMILES string of the molecule is O=S(=O)(c1ncccc1F)N1CC[C@@H](O)C1. The molecule has 1 fully saturated rings. The first-order valence-corrected chi connectivity index (χ1v) is 6.24. The minimum atomic E-state index is -3.92. The first-order chi connectivity index (χ1) is 7.51. The molecule has 0 saturated carbocycles. The maximum atomic E-state index is 13.3. The van der Waals surface area contributed by atoms with Crippen LogP contribution in [0.3, 0.4) is 0 Å². The predicted molar refractivity (Wildman–Crippen MR) is 53.6 cm³/mol. The van der Waals surface area contributed by atoms with Crippen molar-refractivity contribution in [3.05, 3.63) is 24.1 Å². The molecule has 1 aromatic heterocycles. The van der Waals surface area contributed by atoms with Crippen molar-refractivity contribution in [2.24, 2.45) is 0 Å². The Morgan fingerprint density at radius 1 is 1.56 bits per heavy atom. The molecule has 1 aliphatic rings. The largest absolute Gasteiger partial charge is 0.392 e. The summed E-state index contributed by atoms with van der Waals surface area (Å²) in [6.07, 6.45) is 0.914. The molecule has 2 heterocycles. The molecule has 5 nitrogen and oxygen atoms in total. The van der Waals surface area contributed by atoms with E-state index >= 15 is 0 Å². The third kappa shape index (κ3) is 1.93. The molecule has 16 heavy (non-hydrogen) atoms. The lowest BCUT2D eigenvalue weighted by molar-refractivity contribution is 0.189. The zero-order chi connectivity index (χ0) is 11.8. The number of hydrogen-bond donors (Lipinski definition) is 1. The van der Waals surface area contributed by atoms with Crippen molar-refractivity contribution in [3.8, 4) is 0 Å². The second kappa shape index (κ2) is 4.08. The Hall–Kier alpha value is -1.05.